The van der Waals surface area contributed by atoms with E-state index in [1.807, 2.05) is 0 Å². The van der Waals surface area contributed by atoms with Crippen LogP contribution in [-0.4, -0.2) is 18.0 Å². The Morgan fingerprint density at radius 3 is 2.47 bits per heavy atom. The van der Waals surface area contributed by atoms with Crippen molar-refractivity contribution in [3.05, 3.63) is 0 Å². The molecule has 3 N–H and O–H groups in total. The fourth-order valence-electron chi connectivity index (χ4n) is 2.34. The molecular formula is C12H24N2O. The van der Waals surface area contributed by atoms with Gasteiger partial charge >= 0.3 is 0 Å². The third-order valence-electron chi connectivity index (χ3n) is 3.30. The minimum absolute atomic E-state index is 0.00561. The lowest BCUT2D eigenvalue weighted by molar-refractivity contribution is -0.122. The van der Waals surface area contributed by atoms with Crippen molar-refractivity contribution in [2.75, 3.05) is 0 Å². The van der Waals surface area contributed by atoms with Gasteiger partial charge in [0.1, 0.15) is 0 Å². The van der Waals surface area contributed by atoms with Gasteiger partial charge in [0.05, 0.1) is 6.04 Å². The topological polar surface area (TPSA) is 55.1 Å². The Morgan fingerprint density at radius 1 is 1.40 bits per heavy atom. The Balaban J connectivity index is 2.22. The van der Waals surface area contributed by atoms with E-state index in [1.54, 1.807) is 6.92 Å². The Hall–Kier alpha value is -0.570. The molecule has 1 amide bonds. The molecule has 3 nitrogen and oxygen atoms in total. The zero-order valence-electron chi connectivity index (χ0n) is 9.96. The maximum absolute atomic E-state index is 11.4. The summed E-state index contributed by atoms with van der Waals surface area (Å²) in [5, 5.41) is 3.02. The SMILES string of the molecule is CCCC1CCC(NC(=O)C(C)N)CC1. The van der Waals surface area contributed by atoms with Gasteiger partial charge in [0.2, 0.25) is 5.91 Å². The van der Waals surface area contributed by atoms with Crippen LogP contribution < -0.4 is 11.1 Å². The summed E-state index contributed by atoms with van der Waals surface area (Å²) in [5.74, 6) is 0.882. The first-order valence-electron chi connectivity index (χ1n) is 6.19. The van der Waals surface area contributed by atoms with Gasteiger partial charge < -0.3 is 11.1 Å². The van der Waals surface area contributed by atoms with Crippen molar-refractivity contribution in [1.29, 1.82) is 0 Å². The number of nitrogens with one attached hydrogen (secondary N) is 1. The van der Waals surface area contributed by atoms with Gasteiger partial charge in [0.25, 0.3) is 0 Å². The van der Waals surface area contributed by atoms with E-state index in [0.29, 0.717) is 6.04 Å². The molecule has 15 heavy (non-hydrogen) atoms. The molecule has 1 saturated carbocycles. The van der Waals surface area contributed by atoms with Crippen LogP contribution >= 0.6 is 0 Å². The number of rotatable bonds is 4. The smallest absolute Gasteiger partial charge is 0.236 e. The van der Waals surface area contributed by atoms with Crippen LogP contribution in [0.1, 0.15) is 52.4 Å². The number of nitrogens with two attached hydrogens (primary N) is 1. The lowest BCUT2D eigenvalue weighted by atomic mass is 9.83. The first-order valence-corrected chi connectivity index (χ1v) is 6.19. The monoisotopic (exact) mass is 212 g/mol. The highest BCUT2D eigenvalue weighted by Gasteiger charge is 2.22. The summed E-state index contributed by atoms with van der Waals surface area (Å²) < 4.78 is 0. The lowest BCUT2D eigenvalue weighted by Crippen LogP contribution is -2.45. The summed E-state index contributed by atoms with van der Waals surface area (Å²) in [6, 6.07) is -0.00466. The fraction of sp³-hybridized carbons (Fsp3) is 0.917. The number of hydrogen-bond donors (Lipinski definition) is 2. The second kappa shape index (κ2) is 6.11. The summed E-state index contributed by atoms with van der Waals surface area (Å²) in [6.45, 7) is 3.97. The van der Waals surface area contributed by atoms with Crippen molar-refractivity contribution >= 4 is 5.91 Å². The van der Waals surface area contributed by atoms with E-state index in [4.69, 9.17) is 5.73 Å². The van der Waals surface area contributed by atoms with Gasteiger partial charge in [0, 0.05) is 6.04 Å². The van der Waals surface area contributed by atoms with Gasteiger partial charge in [0.15, 0.2) is 0 Å². The van der Waals surface area contributed by atoms with Crippen LogP contribution in [0.3, 0.4) is 0 Å². The molecule has 0 saturated heterocycles. The molecule has 1 aliphatic carbocycles. The summed E-state index contributed by atoms with van der Waals surface area (Å²) in [5.41, 5.74) is 5.52. The molecule has 0 aromatic rings. The Kier molecular flexibility index (Phi) is 5.09. The third kappa shape index (κ3) is 4.20. The van der Waals surface area contributed by atoms with Crippen molar-refractivity contribution in [1.82, 2.24) is 5.32 Å². The maximum atomic E-state index is 11.4. The molecule has 0 aromatic carbocycles. The van der Waals surface area contributed by atoms with Gasteiger partial charge in [-0.25, -0.2) is 0 Å². The second-order valence-corrected chi connectivity index (χ2v) is 4.80. The van der Waals surface area contributed by atoms with Gasteiger partial charge in [-0.15, -0.1) is 0 Å². The highest BCUT2D eigenvalue weighted by molar-refractivity contribution is 5.81. The minimum Gasteiger partial charge on any atom is -0.352 e. The van der Waals surface area contributed by atoms with E-state index in [-0.39, 0.29) is 11.9 Å². The highest BCUT2D eigenvalue weighted by Crippen LogP contribution is 2.27. The number of carbonyl (C=O) groups is 1. The molecule has 0 spiro atoms. The molecule has 0 aromatic heterocycles. The number of hydrogen-bond acceptors (Lipinski definition) is 2. The summed E-state index contributed by atoms with van der Waals surface area (Å²) in [6.07, 6.45) is 7.40. The molecule has 0 aliphatic heterocycles. The van der Waals surface area contributed by atoms with Crippen LogP contribution in [0.2, 0.25) is 0 Å². The fourth-order valence-corrected chi connectivity index (χ4v) is 2.34. The first-order chi connectivity index (χ1) is 7.13. The van der Waals surface area contributed by atoms with Gasteiger partial charge in [-0.05, 0) is 38.5 Å². The van der Waals surface area contributed by atoms with Gasteiger partial charge in [-0.2, -0.15) is 0 Å². The van der Waals surface area contributed by atoms with E-state index < -0.39 is 0 Å². The number of carbonyl (C=O) groups excluding carboxylic acids is 1. The van der Waals surface area contributed by atoms with Gasteiger partial charge in [-0.1, -0.05) is 19.8 Å². The molecule has 1 fully saturated rings. The molecule has 1 rings (SSSR count). The zero-order chi connectivity index (χ0) is 11.3. The normalized spacial score (nSPS) is 28.5. The largest absolute Gasteiger partial charge is 0.352 e. The van der Waals surface area contributed by atoms with E-state index >= 15 is 0 Å². The van der Waals surface area contributed by atoms with E-state index in [2.05, 4.69) is 12.2 Å². The Bertz CT molecular complexity index is 196. The average molecular weight is 212 g/mol. The van der Waals surface area contributed by atoms with E-state index in [1.165, 1.54) is 25.7 Å². The molecule has 0 bridgehead atoms. The molecular weight excluding hydrogens is 188 g/mol. The zero-order valence-corrected chi connectivity index (χ0v) is 9.96. The highest BCUT2D eigenvalue weighted by atomic mass is 16.2. The van der Waals surface area contributed by atoms with Crippen LogP contribution in [0.15, 0.2) is 0 Å². The van der Waals surface area contributed by atoms with Crippen molar-refractivity contribution in [3.8, 4) is 0 Å². The molecule has 0 heterocycles. The maximum Gasteiger partial charge on any atom is 0.236 e. The third-order valence-corrected chi connectivity index (χ3v) is 3.30. The van der Waals surface area contributed by atoms with E-state index in [0.717, 1.165) is 18.8 Å². The molecule has 0 radical (unpaired) electrons. The first kappa shape index (κ1) is 12.5. The average Bonchev–Trinajstić information content (AvgIpc) is 2.21. The van der Waals surface area contributed by atoms with Crippen molar-refractivity contribution in [2.45, 2.75) is 64.5 Å². The standard InChI is InChI=1S/C12H24N2O/c1-3-4-10-5-7-11(8-6-10)14-12(15)9(2)13/h9-11H,3-8,13H2,1-2H3,(H,14,15). The predicted molar refractivity (Wildman–Crippen MR) is 62.4 cm³/mol. The summed E-state index contributed by atoms with van der Waals surface area (Å²) in [7, 11) is 0. The predicted octanol–water partition coefficient (Wildman–Crippen LogP) is 1.81. The van der Waals surface area contributed by atoms with Crippen LogP contribution in [-0.2, 0) is 4.79 Å². The Morgan fingerprint density at radius 2 is 2.00 bits per heavy atom. The molecule has 1 unspecified atom stereocenters. The Labute approximate surface area is 92.8 Å². The van der Waals surface area contributed by atoms with Crippen molar-refractivity contribution < 1.29 is 4.79 Å². The van der Waals surface area contributed by atoms with Crippen LogP contribution in [0.5, 0.6) is 0 Å². The quantitative estimate of drug-likeness (QED) is 0.746. The molecule has 1 aliphatic rings. The van der Waals surface area contributed by atoms with Crippen molar-refractivity contribution in [2.24, 2.45) is 11.7 Å². The van der Waals surface area contributed by atoms with Crippen LogP contribution in [0, 0.1) is 5.92 Å². The van der Waals surface area contributed by atoms with Crippen molar-refractivity contribution in [3.63, 3.8) is 0 Å². The summed E-state index contributed by atoms with van der Waals surface area (Å²) in [4.78, 5) is 11.4. The van der Waals surface area contributed by atoms with E-state index in [9.17, 15) is 4.79 Å². The second-order valence-electron chi connectivity index (χ2n) is 4.80. The number of amides is 1. The minimum atomic E-state index is -0.377. The van der Waals surface area contributed by atoms with Gasteiger partial charge in [-0.3, -0.25) is 4.79 Å². The molecule has 1 atom stereocenters. The lowest BCUT2D eigenvalue weighted by Gasteiger charge is -2.29. The molecule has 3 heteroatoms. The molecule has 88 valence electrons. The summed E-state index contributed by atoms with van der Waals surface area (Å²) >= 11 is 0. The van der Waals surface area contributed by atoms with Crippen LogP contribution in [0.25, 0.3) is 0 Å². The van der Waals surface area contributed by atoms with Crippen LogP contribution in [0.4, 0.5) is 0 Å².